The first kappa shape index (κ1) is 99.2. The number of carboxylic acids is 6. The maximum absolute atomic E-state index is 10.3. The third-order valence-corrected chi connectivity index (χ3v) is 2.57. The first-order chi connectivity index (χ1) is 11.6. The molecule has 0 spiro atoms. The van der Waals surface area contributed by atoms with E-state index in [9.17, 15) is 28.8 Å². The Morgan fingerprint density at radius 2 is 0.462 bits per heavy atom. The molecule has 0 amide bonds. The van der Waals surface area contributed by atoms with Gasteiger partial charge in [0.2, 0.25) is 0 Å². The topological polar surface area (TPSA) is 579 Å². The van der Waals surface area contributed by atoms with Gasteiger partial charge in [-0.25, -0.2) is 9.59 Å². The number of rotatable bonds is 10. The van der Waals surface area contributed by atoms with Crippen LogP contribution in [0.4, 0.5) is 0 Å². The van der Waals surface area contributed by atoms with E-state index in [1.54, 1.807) is 0 Å². The van der Waals surface area contributed by atoms with Crippen molar-refractivity contribution in [3.63, 3.8) is 0 Å². The van der Waals surface area contributed by atoms with Crippen molar-refractivity contribution in [2.45, 2.75) is 36.9 Å². The monoisotopic (exact) mass is 729 g/mol. The molecular formula is C12H36Mn3O24. The number of hydrogen-bond acceptors (Lipinski definition) is 8. The van der Waals surface area contributed by atoms with E-state index in [2.05, 4.69) is 0 Å². The number of carboxylic acid groups (broad SMARTS) is 6. The van der Waals surface area contributed by atoms with Crippen molar-refractivity contribution in [3.8, 4) is 0 Å². The third-order valence-electron chi connectivity index (χ3n) is 2.57. The molecule has 0 heterocycles. The van der Waals surface area contributed by atoms with E-state index < -0.39 is 72.7 Å². The number of hydrogen-bond donors (Lipinski definition) is 8. The van der Waals surface area contributed by atoms with Gasteiger partial charge in [0.05, 0.1) is 25.7 Å². The molecule has 0 unspecified atom stereocenters. The van der Waals surface area contributed by atoms with Crippen molar-refractivity contribution in [2.24, 2.45) is 0 Å². The molecule has 0 aliphatic rings. The van der Waals surface area contributed by atoms with Crippen LogP contribution in [0.5, 0.6) is 0 Å². The van der Waals surface area contributed by atoms with Crippen LogP contribution in [-0.2, 0) is 80.0 Å². The van der Waals surface area contributed by atoms with Crippen LogP contribution in [0.25, 0.3) is 0 Å². The molecule has 0 rings (SSSR count). The minimum Gasteiger partial charge on any atom is -0.481 e. The Kier molecular flexibility index (Phi) is 109. The number of carbonyl (C=O) groups is 6. The molecule has 3 radical (unpaired) electrons. The zero-order valence-corrected chi connectivity index (χ0v) is 22.5. The van der Waals surface area contributed by atoms with Crippen LogP contribution >= 0.6 is 0 Å². The largest absolute Gasteiger partial charge is 0.481 e. The minimum absolute atomic E-state index is 0. The normalized spacial score (nSPS) is 7.23. The molecule has 0 aromatic heterocycles. The van der Waals surface area contributed by atoms with Crippen LogP contribution in [0, 0.1) is 0 Å². The zero-order valence-electron chi connectivity index (χ0n) is 19.0. The van der Waals surface area contributed by atoms with Crippen LogP contribution in [-0.4, -0.2) is 143 Å². The molecule has 0 saturated heterocycles. The molecule has 0 saturated carbocycles. The van der Waals surface area contributed by atoms with Crippen LogP contribution in [0.2, 0.25) is 0 Å². The summed E-state index contributed by atoms with van der Waals surface area (Å²) in [6.07, 6.45) is -4.58. The van der Waals surface area contributed by atoms with Gasteiger partial charge >= 0.3 is 35.8 Å². The zero-order chi connectivity index (χ0) is 21.3. The smallest absolute Gasteiger partial charge is 0.336 e. The van der Waals surface area contributed by atoms with E-state index in [-0.39, 0.29) is 106 Å². The minimum atomic E-state index is -2.74. The second-order valence-corrected chi connectivity index (χ2v) is 4.96. The van der Waals surface area contributed by atoms with Gasteiger partial charge in [0.1, 0.15) is 0 Å². The van der Waals surface area contributed by atoms with Gasteiger partial charge in [0, 0.05) is 51.2 Å². The summed E-state index contributed by atoms with van der Waals surface area (Å²) in [6.45, 7) is 0. The van der Waals surface area contributed by atoms with Crippen molar-refractivity contribution >= 4 is 35.8 Å². The Morgan fingerprint density at radius 1 is 0.359 bits per heavy atom. The summed E-state index contributed by atoms with van der Waals surface area (Å²) in [5, 5.41) is 67.6. The predicted molar refractivity (Wildman–Crippen MR) is 110 cm³/mol. The fourth-order valence-electron chi connectivity index (χ4n) is 1.43. The molecule has 0 aliphatic heterocycles. The summed E-state index contributed by atoms with van der Waals surface area (Å²) in [4.78, 5) is 61.0. The Morgan fingerprint density at radius 3 is 0.513 bits per heavy atom. The van der Waals surface area contributed by atoms with Crippen molar-refractivity contribution in [3.05, 3.63) is 0 Å². The molecule has 0 bridgehead atoms. The van der Waals surface area contributed by atoms with Gasteiger partial charge in [0.15, 0.2) is 11.2 Å². The summed E-state index contributed by atoms with van der Waals surface area (Å²) in [5.74, 6) is -10.0. The van der Waals surface area contributed by atoms with Crippen LogP contribution < -0.4 is 0 Å². The van der Waals surface area contributed by atoms with Crippen molar-refractivity contribution in [2.75, 3.05) is 0 Å². The molecule has 0 aromatic rings. The van der Waals surface area contributed by atoms with Gasteiger partial charge in [-0.1, -0.05) is 0 Å². The summed E-state index contributed by atoms with van der Waals surface area (Å²) in [7, 11) is 0. The fourth-order valence-corrected chi connectivity index (χ4v) is 1.43. The second kappa shape index (κ2) is 43.0. The first-order valence-corrected chi connectivity index (χ1v) is 6.34. The quantitative estimate of drug-likeness (QED) is 0.0969. The van der Waals surface area contributed by atoms with E-state index in [4.69, 9.17) is 40.9 Å². The Labute approximate surface area is 248 Å². The van der Waals surface area contributed by atoms with Crippen molar-refractivity contribution in [1.82, 2.24) is 0 Å². The van der Waals surface area contributed by atoms with Gasteiger partial charge in [-0.2, -0.15) is 0 Å². The average molecular weight is 729 g/mol. The molecule has 24 nitrogen and oxygen atoms in total. The number of aliphatic hydroxyl groups is 2. The molecule has 27 heteroatoms. The maximum Gasteiger partial charge on any atom is 0.336 e. The number of aliphatic carboxylic acids is 6. The van der Waals surface area contributed by atoms with Gasteiger partial charge < -0.3 is 95.6 Å². The maximum atomic E-state index is 10.3. The van der Waals surface area contributed by atoms with Crippen LogP contribution in [0.1, 0.15) is 25.7 Å². The van der Waals surface area contributed by atoms with E-state index in [0.29, 0.717) is 0 Å². The average Bonchev–Trinajstić information content (AvgIpc) is 2.34. The summed E-state index contributed by atoms with van der Waals surface area (Å²) >= 11 is 0. The van der Waals surface area contributed by atoms with Crippen LogP contribution in [0.15, 0.2) is 0 Å². The molecular weight excluding hydrogens is 693 g/mol. The molecule has 0 fully saturated rings. The fraction of sp³-hybridized carbons (Fsp3) is 0.500. The standard InChI is InChI=1S/2C6H8O7.3Mn.10H2O/c2*7-3(8)1-6(13,5(11)12)2-4(9)10;;;;;;;;;;;;;/h2*13H,1-2H2,(H,7,8)(H,9,10)(H,11,12);;;;10*1H2. The first-order valence-electron chi connectivity index (χ1n) is 6.34. The van der Waals surface area contributed by atoms with E-state index in [1.807, 2.05) is 0 Å². The van der Waals surface area contributed by atoms with Crippen LogP contribution in [0.3, 0.4) is 0 Å². The summed E-state index contributed by atoms with van der Waals surface area (Å²) < 4.78 is 0. The molecule has 0 aliphatic carbocycles. The second-order valence-electron chi connectivity index (χ2n) is 4.96. The molecule has 28 N–H and O–H groups in total. The van der Waals surface area contributed by atoms with Crippen molar-refractivity contribution in [1.29, 1.82) is 0 Å². The molecule has 39 heavy (non-hydrogen) atoms. The Hall–Kier alpha value is -2.10. The van der Waals surface area contributed by atoms with Crippen molar-refractivity contribution < 1.29 is 176 Å². The SMILES string of the molecule is O.O.O.O.O.O.O.O.O.O.O=C(O)CC(O)(CC(=O)O)C(=O)O.O=C(O)CC(O)(CC(=O)O)C(=O)O.[Mn].[Mn].[Mn]. The van der Waals surface area contributed by atoms with Gasteiger partial charge in [-0.15, -0.1) is 0 Å². The Bertz CT molecular complexity index is 529. The molecule has 0 aromatic carbocycles. The van der Waals surface area contributed by atoms with E-state index in [0.717, 1.165) is 0 Å². The predicted octanol–water partition coefficient (Wildman–Crippen LogP) is -10.8. The molecule has 249 valence electrons. The molecule has 0 atom stereocenters. The van der Waals surface area contributed by atoms with Gasteiger partial charge in [0.25, 0.3) is 0 Å². The Balaban J connectivity index is -0.0000000170. The van der Waals surface area contributed by atoms with Gasteiger partial charge in [-0.3, -0.25) is 19.2 Å². The summed E-state index contributed by atoms with van der Waals surface area (Å²) in [5.41, 5.74) is -5.48. The summed E-state index contributed by atoms with van der Waals surface area (Å²) in [6, 6.07) is 0. The van der Waals surface area contributed by atoms with E-state index >= 15 is 0 Å². The van der Waals surface area contributed by atoms with E-state index in [1.165, 1.54) is 0 Å². The third kappa shape index (κ3) is 46.1. The van der Waals surface area contributed by atoms with Gasteiger partial charge in [-0.05, 0) is 0 Å².